The molecule has 0 spiro atoms. The van der Waals surface area contributed by atoms with E-state index in [2.05, 4.69) is 15.6 Å². The zero-order valence-corrected chi connectivity index (χ0v) is 11.5. The summed E-state index contributed by atoms with van der Waals surface area (Å²) in [5, 5.41) is 22.2. The molecule has 2 aliphatic carbocycles. The molecule has 19 heavy (non-hydrogen) atoms. The van der Waals surface area contributed by atoms with Crippen molar-refractivity contribution in [2.24, 2.45) is 5.92 Å². The lowest BCUT2D eigenvalue weighted by Crippen LogP contribution is -2.36. The van der Waals surface area contributed by atoms with Gasteiger partial charge in [-0.1, -0.05) is 24.5 Å². The molecule has 0 atom stereocenters. The molecule has 1 aromatic rings. The van der Waals surface area contributed by atoms with Crippen molar-refractivity contribution in [2.75, 3.05) is 6.54 Å². The van der Waals surface area contributed by atoms with Gasteiger partial charge in [0, 0.05) is 12.7 Å². The van der Waals surface area contributed by atoms with Crippen molar-refractivity contribution in [3.8, 4) is 0 Å². The van der Waals surface area contributed by atoms with Gasteiger partial charge in [-0.3, -0.25) is 0 Å². The first kappa shape index (κ1) is 13.1. The van der Waals surface area contributed by atoms with Crippen LogP contribution in [-0.2, 0) is 13.1 Å². The Morgan fingerprint density at radius 2 is 2.11 bits per heavy atom. The van der Waals surface area contributed by atoms with E-state index in [1.54, 1.807) is 4.68 Å². The molecule has 0 amide bonds. The summed E-state index contributed by atoms with van der Waals surface area (Å²) in [7, 11) is 0. The van der Waals surface area contributed by atoms with Crippen molar-refractivity contribution >= 4 is 0 Å². The Bertz CT molecular complexity index is 407. The minimum Gasteiger partial charge on any atom is -0.388 e. The van der Waals surface area contributed by atoms with Crippen LogP contribution in [0.1, 0.15) is 50.6 Å². The van der Waals surface area contributed by atoms with E-state index in [-0.39, 0.29) is 0 Å². The first-order chi connectivity index (χ1) is 9.23. The van der Waals surface area contributed by atoms with Crippen LogP contribution in [0.2, 0.25) is 0 Å². The van der Waals surface area contributed by atoms with E-state index >= 15 is 0 Å². The van der Waals surface area contributed by atoms with E-state index in [0.29, 0.717) is 6.54 Å². The Morgan fingerprint density at radius 1 is 1.32 bits per heavy atom. The minimum atomic E-state index is -0.565. The summed E-state index contributed by atoms with van der Waals surface area (Å²) in [5.74, 6) is 0.887. The van der Waals surface area contributed by atoms with E-state index in [4.69, 9.17) is 0 Å². The summed E-state index contributed by atoms with van der Waals surface area (Å²) in [6.07, 6.45) is 9.98. The van der Waals surface area contributed by atoms with Gasteiger partial charge in [0.2, 0.25) is 0 Å². The maximum atomic E-state index is 10.5. The zero-order chi connectivity index (χ0) is 13.1. The highest BCUT2D eigenvalue weighted by atomic mass is 16.3. The first-order valence-electron chi connectivity index (χ1n) is 7.56. The average molecular weight is 264 g/mol. The molecule has 5 heteroatoms. The molecule has 2 N–H and O–H groups in total. The fraction of sp³-hybridized carbons (Fsp3) is 0.857. The van der Waals surface area contributed by atoms with Crippen molar-refractivity contribution in [3.05, 3.63) is 11.9 Å². The Morgan fingerprint density at radius 3 is 2.84 bits per heavy atom. The molecule has 2 fully saturated rings. The molecule has 1 heterocycles. The standard InChI is InChI=1S/C14H24N4O/c19-14(6-2-1-3-7-14)11-18-10-13(16-17-18)9-15-8-12-4-5-12/h10,12,15,19H,1-9,11H2. The normalized spacial score (nSPS) is 22.6. The van der Waals surface area contributed by atoms with Gasteiger partial charge >= 0.3 is 0 Å². The maximum Gasteiger partial charge on any atom is 0.0964 e. The fourth-order valence-corrected chi connectivity index (χ4v) is 2.89. The number of hydrogen-bond donors (Lipinski definition) is 2. The molecule has 2 saturated carbocycles. The van der Waals surface area contributed by atoms with Crippen molar-refractivity contribution in [2.45, 2.75) is 63.6 Å². The van der Waals surface area contributed by atoms with Gasteiger partial charge in [-0.2, -0.15) is 0 Å². The van der Waals surface area contributed by atoms with Gasteiger partial charge in [-0.05, 0) is 38.1 Å². The minimum absolute atomic E-state index is 0.565. The van der Waals surface area contributed by atoms with Crippen LogP contribution in [0, 0.1) is 5.92 Å². The largest absolute Gasteiger partial charge is 0.388 e. The zero-order valence-electron chi connectivity index (χ0n) is 11.5. The Balaban J connectivity index is 1.48. The molecule has 0 aromatic carbocycles. The molecule has 3 rings (SSSR count). The van der Waals surface area contributed by atoms with E-state index < -0.39 is 5.60 Å². The van der Waals surface area contributed by atoms with Crippen LogP contribution in [0.5, 0.6) is 0 Å². The SMILES string of the molecule is OC1(Cn2cc(CNCC3CC3)nn2)CCCCC1. The monoisotopic (exact) mass is 264 g/mol. The van der Waals surface area contributed by atoms with Crippen LogP contribution in [0.25, 0.3) is 0 Å². The van der Waals surface area contributed by atoms with E-state index in [9.17, 15) is 5.11 Å². The lowest BCUT2D eigenvalue weighted by Gasteiger charge is -2.31. The predicted octanol–water partition coefficient (Wildman–Crippen LogP) is 1.47. The van der Waals surface area contributed by atoms with Crippen LogP contribution >= 0.6 is 0 Å². The Labute approximate surface area is 114 Å². The third kappa shape index (κ3) is 3.76. The van der Waals surface area contributed by atoms with Crippen molar-refractivity contribution in [1.29, 1.82) is 0 Å². The van der Waals surface area contributed by atoms with E-state index in [0.717, 1.165) is 50.4 Å². The van der Waals surface area contributed by atoms with Gasteiger partial charge in [0.25, 0.3) is 0 Å². The highest BCUT2D eigenvalue weighted by Gasteiger charge is 2.30. The molecule has 2 aliphatic rings. The van der Waals surface area contributed by atoms with E-state index in [1.807, 2.05) is 6.20 Å². The van der Waals surface area contributed by atoms with Gasteiger partial charge in [-0.25, -0.2) is 4.68 Å². The second kappa shape index (κ2) is 5.59. The molecule has 0 bridgehead atoms. The van der Waals surface area contributed by atoms with Crippen molar-refractivity contribution < 1.29 is 5.11 Å². The van der Waals surface area contributed by atoms with Gasteiger partial charge in [0.05, 0.1) is 17.8 Å². The lowest BCUT2D eigenvalue weighted by molar-refractivity contribution is -0.0146. The average Bonchev–Trinajstić information content (AvgIpc) is 3.11. The number of rotatable bonds is 6. The first-order valence-corrected chi connectivity index (χ1v) is 7.56. The lowest BCUT2D eigenvalue weighted by atomic mass is 9.85. The summed E-state index contributed by atoms with van der Waals surface area (Å²) < 4.78 is 1.81. The summed E-state index contributed by atoms with van der Waals surface area (Å²) in [6.45, 7) is 2.47. The summed E-state index contributed by atoms with van der Waals surface area (Å²) in [5.41, 5.74) is 0.407. The second-order valence-corrected chi connectivity index (χ2v) is 6.27. The van der Waals surface area contributed by atoms with Crippen LogP contribution in [-0.4, -0.2) is 32.2 Å². The third-order valence-electron chi connectivity index (χ3n) is 4.26. The fourth-order valence-electron chi connectivity index (χ4n) is 2.89. The van der Waals surface area contributed by atoms with Crippen molar-refractivity contribution in [1.82, 2.24) is 20.3 Å². The molecule has 0 aliphatic heterocycles. The molecule has 106 valence electrons. The van der Waals surface area contributed by atoms with Gasteiger partial charge in [-0.15, -0.1) is 5.10 Å². The molecule has 0 unspecified atom stereocenters. The smallest absolute Gasteiger partial charge is 0.0964 e. The van der Waals surface area contributed by atoms with Gasteiger partial charge in [0.1, 0.15) is 0 Å². The topological polar surface area (TPSA) is 63.0 Å². The quantitative estimate of drug-likeness (QED) is 0.817. The molecule has 1 aromatic heterocycles. The maximum absolute atomic E-state index is 10.5. The molecular formula is C14H24N4O. The van der Waals surface area contributed by atoms with Crippen LogP contribution in [0.15, 0.2) is 6.20 Å². The number of nitrogens with zero attached hydrogens (tertiary/aromatic N) is 3. The number of hydrogen-bond acceptors (Lipinski definition) is 4. The molecular weight excluding hydrogens is 240 g/mol. The molecule has 5 nitrogen and oxygen atoms in total. The molecule has 0 saturated heterocycles. The third-order valence-corrected chi connectivity index (χ3v) is 4.26. The summed E-state index contributed by atoms with van der Waals surface area (Å²) in [4.78, 5) is 0. The highest BCUT2D eigenvalue weighted by Crippen LogP contribution is 2.29. The van der Waals surface area contributed by atoms with Gasteiger partial charge < -0.3 is 10.4 Å². The predicted molar refractivity (Wildman–Crippen MR) is 72.5 cm³/mol. The summed E-state index contributed by atoms with van der Waals surface area (Å²) >= 11 is 0. The van der Waals surface area contributed by atoms with Crippen LogP contribution in [0.3, 0.4) is 0 Å². The second-order valence-electron chi connectivity index (χ2n) is 6.27. The highest BCUT2D eigenvalue weighted by molar-refractivity contribution is 4.94. The number of aromatic nitrogens is 3. The van der Waals surface area contributed by atoms with Gasteiger partial charge in [0.15, 0.2) is 0 Å². The Kier molecular flexibility index (Phi) is 3.84. The van der Waals surface area contributed by atoms with E-state index in [1.165, 1.54) is 19.3 Å². The Hall–Kier alpha value is -0.940. The van der Waals surface area contributed by atoms with Crippen molar-refractivity contribution in [3.63, 3.8) is 0 Å². The van der Waals surface area contributed by atoms with Crippen LogP contribution in [0.4, 0.5) is 0 Å². The number of nitrogens with one attached hydrogen (secondary N) is 1. The molecule has 0 radical (unpaired) electrons. The number of aliphatic hydroxyl groups is 1. The summed E-state index contributed by atoms with van der Waals surface area (Å²) in [6, 6.07) is 0. The van der Waals surface area contributed by atoms with Crippen LogP contribution < -0.4 is 5.32 Å².